The largest absolute Gasteiger partial charge is 0.462 e. The molecule has 1 saturated heterocycles. The van der Waals surface area contributed by atoms with Crippen LogP contribution in [0.15, 0.2) is 0 Å². The van der Waals surface area contributed by atoms with Crippen LogP contribution >= 0.6 is 23.6 Å². The van der Waals surface area contributed by atoms with Gasteiger partial charge in [-0.2, -0.15) is 0 Å². The molecule has 23 heavy (non-hydrogen) atoms. The summed E-state index contributed by atoms with van der Waals surface area (Å²) in [5.41, 5.74) is 1.81. The third-order valence-electron chi connectivity index (χ3n) is 4.14. The van der Waals surface area contributed by atoms with Gasteiger partial charge >= 0.3 is 5.97 Å². The van der Waals surface area contributed by atoms with Gasteiger partial charge in [-0.15, -0.1) is 11.3 Å². The smallest absolute Gasteiger partial charge is 0.341 e. The zero-order valence-electron chi connectivity index (χ0n) is 13.3. The van der Waals surface area contributed by atoms with Crippen LogP contribution in [0.25, 0.3) is 0 Å². The Morgan fingerprint density at radius 1 is 1.43 bits per heavy atom. The molecule has 1 aromatic rings. The topological polar surface area (TPSA) is 59.6 Å². The molecule has 7 heteroatoms. The van der Waals surface area contributed by atoms with Gasteiger partial charge < -0.3 is 20.1 Å². The second-order valence-corrected chi connectivity index (χ2v) is 7.27. The van der Waals surface area contributed by atoms with Gasteiger partial charge in [0.15, 0.2) is 5.11 Å². The van der Waals surface area contributed by atoms with E-state index in [1.807, 2.05) is 6.92 Å². The number of carbonyl (C=O) groups excluding carboxylic acids is 1. The van der Waals surface area contributed by atoms with Gasteiger partial charge in [0.1, 0.15) is 5.00 Å². The Morgan fingerprint density at radius 2 is 2.30 bits per heavy atom. The molecule has 1 aromatic heterocycles. The maximum absolute atomic E-state index is 12.3. The SMILES string of the molecule is CCOC(=O)c1c(NC(=S)NC[C@@H]2CCCO2)sc2c1CCC2. The Kier molecular flexibility index (Phi) is 5.50. The van der Waals surface area contributed by atoms with Crippen LogP contribution in [0.5, 0.6) is 0 Å². The van der Waals surface area contributed by atoms with Gasteiger partial charge in [-0.05, 0) is 56.8 Å². The second-order valence-electron chi connectivity index (χ2n) is 5.75. The molecule has 0 radical (unpaired) electrons. The summed E-state index contributed by atoms with van der Waals surface area (Å²) in [6.45, 7) is 3.73. The molecule has 0 saturated carbocycles. The number of thiophene rings is 1. The maximum atomic E-state index is 12.3. The molecular weight excluding hydrogens is 332 g/mol. The number of rotatable bonds is 5. The number of fused-ring (bicyclic) bond motifs is 1. The highest BCUT2D eigenvalue weighted by Gasteiger charge is 2.28. The Hall–Kier alpha value is -1.18. The normalized spacial score (nSPS) is 19.4. The summed E-state index contributed by atoms with van der Waals surface area (Å²) in [6.07, 6.45) is 5.48. The van der Waals surface area contributed by atoms with E-state index >= 15 is 0 Å². The van der Waals surface area contributed by atoms with E-state index in [1.165, 1.54) is 4.88 Å². The van der Waals surface area contributed by atoms with Crippen molar-refractivity contribution in [2.45, 2.75) is 45.1 Å². The molecule has 0 unspecified atom stereocenters. The fourth-order valence-electron chi connectivity index (χ4n) is 3.07. The van der Waals surface area contributed by atoms with E-state index in [0.29, 0.717) is 23.8 Å². The van der Waals surface area contributed by atoms with Crippen LogP contribution in [0, 0.1) is 0 Å². The van der Waals surface area contributed by atoms with Crippen molar-refractivity contribution < 1.29 is 14.3 Å². The highest BCUT2D eigenvalue weighted by molar-refractivity contribution is 7.80. The lowest BCUT2D eigenvalue weighted by atomic mass is 10.1. The van der Waals surface area contributed by atoms with Gasteiger partial charge in [0.2, 0.25) is 0 Å². The molecule has 1 atom stereocenters. The molecule has 2 aliphatic rings. The van der Waals surface area contributed by atoms with Crippen LogP contribution in [0.2, 0.25) is 0 Å². The van der Waals surface area contributed by atoms with Gasteiger partial charge in [-0.25, -0.2) is 4.79 Å². The molecular formula is C16H22N2O3S2. The summed E-state index contributed by atoms with van der Waals surface area (Å²) in [4.78, 5) is 13.6. The van der Waals surface area contributed by atoms with E-state index in [4.69, 9.17) is 21.7 Å². The van der Waals surface area contributed by atoms with E-state index in [0.717, 1.165) is 49.3 Å². The standard InChI is InChI=1S/C16H22N2O3S2/c1-2-20-15(19)13-11-6-3-7-12(11)23-14(13)18-16(22)17-9-10-5-4-8-21-10/h10H,2-9H2,1H3,(H2,17,18,22)/t10-/m0/s1. The maximum Gasteiger partial charge on any atom is 0.341 e. The average molecular weight is 354 g/mol. The van der Waals surface area contributed by atoms with E-state index in [9.17, 15) is 4.79 Å². The number of aryl methyl sites for hydroxylation is 1. The van der Waals surface area contributed by atoms with Crippen LogP contribution < -0.4 is 10.6 Å². The van der Waals surface area contributed by atoms with E-state index in [1.54, 1.807) is 11.3 Å². The summed E-state index contributed by atoms with van der Waals surface area (Å²) < 4.78 is 10.8. The minimum atomic E-state index is -0.253. The Bertz CT molecular complexity index is 594. The number of esters is 1. The van der Waals surface area contributed by atoms with Crippen LogP contribution in [-0.4, -0.2) is 36.9 Å². The molecule has 0 amide bonds. The molecule has 5 nitrogen and oxygen atoms in total. The van der Waals surface area contributed by atoms with Crippen molar-refractivity contribution in [1.82, 2.24) is 5.32 Å². The van der Waals surface area contributed by atoms with Crippen molar-refractivity contribution in [3.63, 3.8) is 0 Å². The molecule has 0 spiro atoms. The van der Waals surface area contributed by atoms with Crippen LogP contribution in [0.1, 0.15) is 47.0 Å². The lowest BCUT2D eigenvalue weighted by Gasteiger charge is -2.14. The van der Waals surface area contributed by atoms with Crippen molar-refractivity contribution in [3.8, 4) is 0 Å². The Labute approximate surface area is 145 Å². The molecule has 1 aliphatic heterocycles. The number of hydrogen-bond donors (Lipinski definition) is 2. The average Bonchev–Trinajstić information content (AvgIpc) is 3.22. The molecule has 2 N–H and O–H groups in total. The first-order valence-electron chi connectivity index (χ1n) is 8.17. The van der Waals surface area contributed by atoms with Gasteiger partial charge in [-0.3, -0.25) is 0 Å². The van der Waals surface area contributed by atoms with Crippen molar-refractivity contribution >= 4 is 39.6 Å². The van der Waals surface area contributed by atoms with Crippen molar-refractivity contribution in [2.75, 3.05) is 25.1 Å². The number of ether oxygens (including phenoxy) is 2. The fourth-order valence-corrected chi connectivity index (χ4v) is 4.60. The van der Waals surface area contributed by atoms with Gasteiger partial charge in [0.25, 0.3) is 0 Å². The first-order chi connectivity index (χ1) is 11.2. The van der Waals surface area contributed by atoms with Gasteiger partial charge in [-0.1, -0.05) is 0 Å². The highest BCUT2D eigenvalue weighted by atomic mass is 32.1. The predicted molar refractivity (Wildman–Crippen MR) is 95.5 cm³/mol. The number of carbonyl (C=O) groups is 1. The van der Waals surface area contributed by atoms with E-state index in [2.05, 4.69) is 10.6 Å². The van der Waals surface area contributed by atoms with Crippen LogP contribution in [-0.2, 0) is 22.3 Å². The quantitative estimate of drug-likeness (QED) is 0.626. The summed E-state index contributed by atoms with van der Waals surface area (Å²) in [5, 5.41) is 7.71. The summed E-state index contributed by atoms with van der Waals surface area (Å²) >= 11 is 6.98. The zero-order valence-corrected chi connectivity index (χ0v) is 14.9. The van der Waals surface area contributed by atoms with Crippen molar-refractivity contribution in [1.29, 1.82) is 0 Å². The number of nitrogens with one attached hydrogen (secondary N) is 2. The summed E-state index contributed by atoms with van der Waals surface area (Å²) in [7, 11) is 0. The molecule has 3 rings (SSSR count). The second kappa shape index (κ2) is 7.59. The lowest BCUT2D eigenvalue weighted by molar-refractivity contribution is 0.0527. The Balaban J connectivity index is 1.66. The van der Waals surface area contributed by atoms with E-state index in [-0.39, 0.29) is 12.1 Å². The zero-order chi connectivity index (χ0) is 16.2. The van der Waals surface area contributed by atoms with Gasteiger partial charge in [0.05, 0.1) is 18.3 Å². The fraction of sp³-hybridized carbons (Fsp3) is 0.625. The van der Waals surface area contributed by atoms with Crippen LogP contribution in [0.3, 0.4) is 0 Å². The first-order valence-corrected chi connectivity index (χ1v) is 9.39. The Morgan fingerprint density at radius 3 is 3.04 bits per heavy atom. The molecule has 126 valence electrons. The minimum Gasteiger partial charge on any atom is -0.462 e. The molecule has 0 aromatic carbocycles. The predicted octanol–water partition coefficient (Wildman–Crippen LogP) is 2.88. The highest BCUT2D eigenvalue weighted by Crippen LogP contribution is 2.39. The van der Waals surface area contributed by atoms with E-state index < -0.39 is 0 Å². The molecule has 0 bridgehead atoms. The minimum absolute atomic E-state index is 0.229. The molecule has 2 heterocycles. The third kappa shape index (κ3) is 3.84. The van der Waals surface area contributed by atoms with Crippen LogP contribution in [0.4, 0.5) is 5.00 Å². The van der Waals surface area contributed by atoms with Crippen molar-refractivity contribution in [3.05, 3.63) is 16.0 Å². The lowest BCUT2D eigenvalue weighted by Crippen LogP contribution is -2.35. The third-order valence-corrected chi connectivity index (χ3v) is 5.60. The summed E-state index contributed by atoms with van der Waals surface area (Å²) in [6, 6.07) is 0. The monoisotopic (exact) mass is 354 g/mol. The van der Waals surface area contributed by atoms with Gasteiger partial charge in [0, 0.05) is 18.0 Å². The summed E-state index contributed by atoms with van der Waals surface area (Å²) in [5.74, 6) is -0.253. The first kappa shape index (κ1) is 16.7. The number of anilines is 1. The number of thiocarbonyl (C=S) groups is 1. The molecule has 1 aliphatic carbocycles. The molecule has 1 fully saturated rings. The van der Waals surface area contributed by atoms with Crippen molar-refractivity contribution in [2.24, 2.45) is 0 Å². The number of hydrogen-bond acceptors (Lipinski definition) is 5.